The number of nitrogens with zero attached hydrogens (tertiary/aromatic N) is 5. The van der Waals surface area contributed by atoms with E-state index in [2.05, 4.69) is 15.6 Å². The smallest absolute Gasteiger partial charge is 0.145 e. The van der Waals surface area contributed by atoms with E-state index in [-0.39, 0.29) is 5.57 Å². The molecule has 1 N–H and O–H groups in total. The van der Waals surface area contributed by atoms with Crippen LogP contribution in [0.25, 0.3) is 5.69 Å². The normalized spacial score (nSPS) is 9.00. The highest BCUT2D eigenvalue weighted by Crippen LogP contribution is 2.12. The van der Waals surface area contributed by atoms with Gasteiger partial charge in [0.1, 0.15) is 17.7 Å². The summed E-state index contributed by atoms with van der Waals surface area (Å²) in [5.41, 5.74) is 1.68. The fourth-order valence-corrected chi connectivity index (χ4v) is 1.30. The largest absolute Gasteiger partial charge is 0.360 e. The third-order valence-electron chi connectivity index (χ3n) is 2.18. The van der Waals surface area contributed by atoms with Crippen molar-refractivity contribution in [1.82, 2.24) is 15.0 Å². The van der Waals surface area contributed by atoms with E-state index < -0.39 is 0 Å². The summed E-state index contributed by atoms with van der Waals surface area (Å²) in [6.45, 7) is 0. The van der Waals surface area contributed by atoms with Gasteiger partial charge in [-0.05, 0) is 24.3 Å². The first-order chi connectivity index (χ1) is 8.83. The van der Waals surface area contributed by atoms with E-state index in [0.29, 0.717) is 0 Å². The molecule has 6 nitrogen and oxygen atoms in total. The van der Waals surface area contributed by atoms with Gasteiger partial charge in [-0.15, -0.1) is 5.10 Å². The first-order valence-corrected chi connectivity index (χ1v) is 5.07. The quantitative estimate of drug-likeness (QED) is 0.817. The predicted octanol–water partition coefficient (Wildman–Crippen LogP) is 1.61. The Labute approximate surface area is 103 Å². The van der Waals surface area contributed by atoms with Crippen LogP contribution in [0, 0.1) is 22.7 Å². The minimum atomic E-state index is 0.0235. The van der Waals surface area contributed by atoms with E-state index in [1.807, 2.05) is 24.3 Å². The summed E-state index contributed by atoms with van der Waals surface area (Å²) in [5.74, 6) is 0. The number of hydrogen-bond acceptors (Lipinski definition) is 5. The molecule has 0 bridgehead atoms. The summed E-state index contributed by atoms with van der Waals surface area (Å²) in [7, 11) is 0. The SMILES string of the molecule is N#CC(C#N)=CNc1ccc(-n2ccnn2)cc1. The highest BCUT2D eigenvalue weighted by atomic mass is 15.4. The van der Waals surface area contributed by atoms with E-state index in [4.69, 9.17) is 10.5 Å². The third kappa shape index (κ3) is 2.52. The van der Waals surface area contributed by atoms with E-state index in [1.54, 1.807) is 29.2 Å². The molecule has 86 valence electrons. The monoisotopic (exact) mass is 236 g/mol. The number of benzene rings is 1. The molecule has 0 radical (unpaired) electrons. The number of nitriles is 2. The van der Waals surface area contributed by atoms with Crippen molar-refractivity contribution < 1.29 is 0 Å². The Morgan fingerprint density at radius 1 is 1.22 bits per heavy atom. The molecular formula is C12H8N6. The molecule has 0 aliphatic carbocycles. The van der Waals surface area contributed by atoms with Crippen LogP contribution in [-0.4, -0.2) is 15.0 Å². The molecule has 0 fully saturated rings. The molecule has 1 aromatic heterocycles. The summed E-state index contributed by atoms with van der Waals surface area (Å²) in [6, 6.07) is 10.9. The molecular weight excluding hydrogens is 228 g/mol. The van der Waals surface area contributed by atoms with Gasteiger partial charge in [0.05, 0.1) is 18.1 Å². The number of anilines is 1. The van der Waals surface area contributed by atoms with Gasteiger partial charge in [0.2, 0.25) is 0 Å². The maximum absolute atomic E-state index is 8.57. The van der Waals surface area contributed by atoms with Crippen LogP contribution in [0.2, 0.25) is 0 Å². The molecule has 0 aliphatic heterocycles. The molecule has 1 heterocycles. The molecule has 1 aromatic carbocycles. The van der Waals surface area contributed by atoms with Crippen LogP contribution in [0.5, 0.6) is 0 Å². The topological polar surface area (TPSA) is 90.3 Å². The Kier molecular flexibility index (Phi) is 3.34. The average molecular weight is 236 g/mol. The van der Waals surface area contributed by atoms with E-state index in [9.17, 15) is 0 Å². The summed E-state index contributed by atoms with van der Waals surface area (Å²) in [5, 5.41) is 27.6. The van der Waals surface area contributed by atoms with Crippen LogP contribution < -0.4 is 5.32 Å². The molecule has 0 amide bonds. The first kappa shape index (κ1) is 11.4. The average Bonchev–Trinajstić information content (AvgIpc) is 2.94. The van der Waals surface area contributed by atoms with Gasteiger partial charge in [-0.25, -0.2) is 4.68 Å². The summed E-state index contributed by atoms with van der Waals surface area (Å²) in [4.78, 5) is 0. The molecule has 0 saturated heterocycles. The number of hydrogen-bond donors (Lipinski definition) is 1. The van der Waals surface area contributed by atoms with Crippen LogP contribution >= 0.6 is 0 Å². The lowest BCUT2D eigenvalue weighted by molar-refractivity contribution is 0.803. The number of allylic oxidation sites excluding steroid dienone is 1. The van der Waals surface area contributed by atoms with Gasteiger partial charge >= 0.3 is 0 Å². The number of nitrogens with one attached hydrogen (secondary N) is 1. The van der Waals surface area contributed by atoms with Crippen LogP contribution in [0.15, 0.2) is 48.4 Å². The third-order valence-corrected chi connectivity index (χ3v) is 2.18. The van der Waals surface area contributed by atoms with Crippen LogP contribution in [0.1, 0.15) is 0 Å². The van der Waals surface area contributed by atoms with Gasteiger partial charge in [0, 0.05) is 11.9 Å². The number of aromatic nitrogens is 3. The molecule has 2 aromatic rings. The van der Waals surface area contributed by atoms with E-state index in [0.717, 1.165) is 11.4 Å². The zero-order chi connectivity index (χ0) is 12.8. The molecule has 0 unspecified atom stereocenters. The zero-order valence-electron chi connectivity index (χ0n) is 9.28. The van der Waals surface area contributed by atoms with Crippen molar-refractivity contribution in [3.8, 4) is 17.8 Å². The minimum absolute atomic E-state index is 0.0235. The van der Waals surface area contributed by atoms with Crippen molar-refractivity contribution in [1.29, 1.82) is 10.5 Å². The Morgan fingerprint density at radius 3 is 2.50 bits per heavy atom. The van der Waals surface area contributed by atoms with Crippen molar-refractivity contribution in [3.63, 3.8) is 0 Å². The highest BCUT2D eigenvalue weighted by molar-refractivity contribution is 5.52. The predicted molar refractivity (Wildman–Crippen MR) is 64.3 cm³/mol. The Morgan fingerprint density at radius 2 is 1.94 bits per heavy atom. The van der Waals surface area contributed by atoms with Crippen LogP contribution in [-0.2, 0) is 0 Å². The van der Waals surface area contributed by atoms with Gasteiger partial charge in [-0.2, -0.15) is 10.5 Å². The molecule has 0 aliphatic rings. The highest BCUT2D eigenvalue weighted by Gasteiger charge is 1.97. The van der Waals surface area contributed by atoms with Crippen LogP contribution in [0.4, 0.5) is 5.69 Å². The van der Waals surface area contributed by atoms with Crippen molar-refractivity contribution >= 4 is 5.69 Å². The lowest BCUT2D eigenvalue weighted by Gasteiger charge is -2.03. The van der Waals surface area contributed by atoms with Crippen molar-refractivity contribution in [2.45, 2.75) is 0 Å². The van der Waals surface area contributed by atoms with Crippen molar-refractivity contribution in [2.24, 2.45) is 0 Å². The Hall–Kier alpha value is -3.12. The van der Waals surface area contributed by atoms with Crippen LogP contribution in [0.3, 0.4) is 0 Å². The number of rotatable bonds is 3. The maximum atomic E-state index is 8.57. The molecule has 0 spiro atoms. The van der Waals surface area contributed by atoms with E-state index in [1.165, 1.54) is 6.20 Å². The van der Waals surface area contributed by atoms with Gasteiger partial charge in [0.25, 0.3) is 0 Å². The van der Waals surface area contributed by atoms with Gasteiger partial charge in [0.15, 0.2) is 0 Å². The lowest BCUT2D eigenvalue weighted by atomic mass is 10.2. The fourth-order valence-electron chi connectivity index (χ4n) is 1.30. The van der Waals surface area contributed by atoms with Gasteiger partial charge in [-0.3, -0.25) is 0 Å². The summed E-state index contributed by atoms with van der Waals surface area (Å²) < 4.78 is 1.63. The lowest BCUT2D eigenvalue weighted by Crippen LogP contribution is -1.95. The standard InChI is InChI=1S/C12H8N6/c13-7-10(8-14)9-15-11-1-3-12(4-2-11)18-6-5-16-17-18/h1-6,9,15H. The molecule has 0 saturated carbocycles. The second-order valence-electron chi connectivity index (χ2n) is 3.32. The Bertz CT molecular complexity index is 609. The van der Waals surface area contributed by atoms with Gasteiger partial charge < -0.3 is 5.32 Å². The van der Waals surface area contributed by atoms with E-state index >= 15 is 0 Å². The van der Waals surface area contributed by atoms with Crippen molar-refractivity contribution in [3.05, 3.63) is 48.4 Å². The Balaban J connectivity index is 2.12. The summed E-state index contributed by atoms with van der Waals surface area (Å²) >= 11 is 0. The fraction of sp³-hybridized carbons (Fsp3) is 0. The second-order valence-corrected chi connectivity index (χ2v) is 3.32. The van der Waals surface area contributed by atoms with Crippen molar-refractivity contribution in [2.75, 3.05) is 5.32 Å². The molecule has 18 heavy (non-hydrogen) atoms. The second kappa shape index (κ2) is 5.28. The molecule has 0 atom stereocenters. The summed E-state index contributed by atoms with van der Waals surface area (Å²) in [6.07, 6.45) is 4.71. The molecule has 6 heteroatoms. The van der Waals surface area contributed by atoms with Gasteiger partial charge in [-0.1, -0.05) is 5.21 Å². The zero-order valence-corrected chi connectivity index (χ0v) is 9.28. The molecule has 2 rings (SSSR count). The minimum Gasteiger partial charge on any atom is -0.360 e. The first-order valence-electron chi connectivity index (χ1n) is 5.07. The maximum Gasteiger partial charge on any atom is 0.145 e.